The Hall–Kier alpha value is -3.10. The number of halogens is 2. The zero-order chi connectivity index (χ0) is 24.1. The average Bonchev–Trinajstić information content (AvgIpc) is 3.07. The molecule has 4 rings (SSSR count). The second-order valence-corrected chi connectivity index (χ2v) is 9.45. The number of benzene rings is 3. The van der Waals surface area contributed by atoms with Crippen LogP contribution in [0.3, 0.4) is 0 Å². The predicted molar refractivity (Wildman–Crippen MR) is 134 cm³/mol. The van der Waals surface area contributed by atoms with Gasteiger partial charge >= 0.3 is 0 Å². The van der Waals surface area contributed by atoms with Gasteiger partial charge in [-0.1, -0.05) is 35.9 Å². The van der Waals surface area contributed by atoms with E-state index >= 15 is 0 Å². The second kappa shape index (κ2) is 10.9. The third kappa shape index (κ3) is 6.07. The van der Waals surface area contributed by atoms with E-state index in [9.17, 15) is 14.0 Å². The maximum atomic E-state index is 13.3. The minimum absolute atomic E-state index is 0.173. The van der Waals surface area contributed by atoms with Crippen molar-refractivity contribution in [1.82, 2.24) is 4.90 Å². The number of amides is 2. The summed E-state index contributed by atoms with van der Waals surface area (Å²) in [7, 11) is 0. The van der Waals surface area contributed by atoms with Gasteiger partial charge in [0.15, 0.2) is 0 Å². The molecule has 0 spiro atoms. The summed E-state index contributed by atoms with van der Waals surface area (Å²) < 4.78 is 25.4. The van der Waals surface area contributed by atoms with Crippen molar-refractivity contribution in [2.45, 2.75) is 13.5 Å². The van der Waals surface area contributed by atoms with E-state index in [1.165, 1.54) is 17.0 Å². The molecule has 0 unspecified atom stereocenters. The first-order valence-corrected chi connectivity index (χ1v) is 12.1. The Kier molecular flexibility index (Phi) is 7.70. The van der Waals surface area contributed by atoms with Crippen molar-refractivity contribution < 1.29 is 23.5 Å². The van der Waals surface area contributed by atoms with Gasteiger partial charge < -0.3 is 9.47 Å². The number of carbonyl (C=O) groups is 2. The Morgan fingerprint density at radius 1 is 1.03 bits per heavy atom. The third-order valence-corrected chi connectivity index (χ3v) is 6.54. The molecule has 0 atom stereocenters. The van der Waals surface area contributed by atoms with Crippen LogP contribution in [0.15, 0.2) is 76.1 Å². The maximum Gasteiger partial charge on any atom is 0.293 e. The number of hydrogen-bond acceptors (Lipinski definition) is 5. The molecule has 5 nitrogen and oxygen atoms in total. The fourth-order valence-corrected chi connectivity index (χ4v) is 4.62. The molecule has 1 aliphatic heterocycles. The molecule has 0 aliphatic carbocycles. The molecule has 1 saturated heterocycles. The van der Waals surface area contributed by atoms with Crippen molar-refractivity contribution in [2.24, 2.45) is 0 Å². The zero-order valence-corrected chi connectivity index (χ0v) is 20.7. The van der Waals surface area contributed by atoms with Crippen LogP contribution < -0.4 is 9.47 Å². The molecule has 0 bridgehead atoms. The summed E-state index contributed by atoms with van der Waals surface area (Å²) >= 11 is 4.37. The molecule has 3 aromatic rings. The molecule has 1 heterocycles. The highest BCUT2D eigenvalue weighted by atomic mass is 79.9. The summed E-state index contributed by atoms with van der Waals surface area (Å²) in [5, 5.41) is -0.321. The van der Waals surface area contributed by atoms with E-state index in [4.69, 9.17) is 9.47 Å². The normalized spacial score (nSPS) is 14.7. The van der Waals surface area contributed by atoms with Crippen LogP contribution in [-0.2, 0) is 11.4 Å². The summed E-state index contributed by atoms with van der Waals surface area (Å²) in [6.07, 6.45) is 1.67. The van der Waals surface area contributed by atoms with Gasteiger partial charge in [0.05, 0.1) is 15.9 Å². The molecule has 3 aromatic carbocycles. The van der Waals surface area contributed by atoms with Crippen LogP contribution in [0.25, 0.3) is 6.08 Å². The van der Waals surface area contributed by atoms with Gasteiger partial charge in [-0.2, -0.15) is 0 Å². The highest BCUT2D eigenvalue weighted by molar-refractivity contribution is 9.10. The Morgan fingerprint density at radius 3 is 2.56 bits per heavy atom. The van der Waals surface area contributed by atoms with Gasteiger partial charge in [0, 0.05) is 0 Å². The first kappa shape index (κ1) is 24.0. The topological polar surface area (TPSA) is 55.8 Å². The highest BCUT2D eigenvalue weighted by Gasteiger charge is 2.34. The SMILES string of the molecule is Cc1ccc(OCCN2C(=O)S/C(=C\c3ccc(OCc4cccc(F)c4)c(Br)c3)C2=O)cc1. The molecule has 0 aromatic heterocycles. The predicted octanol–water partition coefficient (Wildman–Crippen LogP) is 6.59. The molecule has 0 N–H and O–H groups in total. The molecule has 2 amide bonds. The summed E-state index contributed by atoms with van der Waals surface area (Å²) in [6.45, 7) is 2.60. The van der Waals surface area contributed by atoms with E-state index in [0.29, 0.717) is 20.9 Å². The van der Waals surface area contributed by atoms with Crippen molar-refractivity contribution in [3.05, 3.63) is 98.6 Å². The second-order valence-electron chi connectivity index (χ2n) is 7.60. The third-order valence-electron chi connectivity index (χ3n) is 5.02. The van der Waals surface area contributed by atoms with Gasteiger partial charge in [0.1, 0.15) is 30.5 Å². The first-order chi connectivity index (χ1) is 16.4. The number of imide groups is 1. The highest BCUT2D eigenvalue weighted by Crippen LogP contribution is 2.34. The van der Waals surface area contributed by atoms with Crippen molar-refractivity contribution in [2.75, 3.05) is 13.2 Å². The quantitative estimate of drug-likeness (QED) is 0.301. The largest absolute Gasteiger partial charge is 0.492 e. The van der Waals surface area contributed by atoms with Gasteiger partial charge in [0.2, 0.25) is 0 Å². The van der Waals surface area contributed by atoms with Crippen LogP contribution in [0, 0.1) is 12.7 Å². The average molecular weight is 542 g/mol. The van der Waals surface area contributed by atoms with Crippen molar-refractivity contribution >= 4 is 44.9 Å². The maximum absolute atomic E-state index is 13.3. The van der Waals surface area contributed by atoms with E-state index in [1.54, 1.807) is 36.4 Å². The van der Waals surface area contributed by atoms with Gasteiger partial charge in [0.25, 0.3) is 11.1 Å². The Morgan fingerprint density at radius 2 is 1.82 bits per heavy atom. The Bertz CT molecular complexity index is 1250. The lowest BCUT2D eigenvalue weighted by Crippen LogP contribution is -2.32. The number of carbonyl (C=O) groups excluding carboxylic acids is 2. The summed E-state index contributed by atoms with van der Waals surface area (Å²) in [4.78, 5) is 26.6. The summed E-state index contributed by atoms with van der Waals surface area (Å²) in [5.41, 5.74) is 2.59. The molecule has 0 radical (unpaired) electrons. The molecular weight excluding hydrogens is 521 g/mol. The van der Waals surface area contributed by atoms with Crippen molar-refractivity contribution in [3.63, 3.8) is 0 Å². The van der Waals surface area contributed by atoms with Crippen LogP contribution in [0.4, 0.5) is 9.18 Å². The standard InChI is InChI=1S/C26H21BrFNO4S/c1-17-5-8-21(9-6-17)32-12-11-29-25(30)24(34-26(29)31)15-18-7-10-23(22(27)14-18)33-16-19-3-2-4-20(28)13-19/h2-10,13-15H,11-12,16H2,1H3/b24-15-. The number of hydrogen-bond donors (Lipinski definition) is 0. The lowest BCUT2D eigenvalue weighted by molar-refractivity contribution is -0.123. The minimum Gasteiger partial charge on any atom is -0.492 e. The lowest BCUT2D eigenvalue weighted by atomic mass is 10.2. The smallest absolute Gasteiger partial charge is 0.293 e. The molecule has 1 fully saturated rings. The van der Waals surface area contributed by atoms with Crippen molar-refractivity contribution in [1.29, 1.82) is 0 Å². The van der Waals surface area contributed by atoms with Crippen LogP contribution >= 0.6 is 27.7 Å². The number of rotatable bonds is 8. The van der Waals surface area contributed by atoms with Gasteiger partial charge in [-0.25, -0.2) is 4.39 Å². The number of nitrogens with zero attached hydrogens (tertiary/aromatic N) is 1. The number of thioether (sulfide) groups is 1. The van der Waals surface area contributed by atoms with E-state index in [0.717, 1.165) is 28.5 Å². The number of aryl methyl sites for hydroxylation is 1. The minimum atomic E-state index is -0.343. The van der Waals surface area contributed by atoms with Gasteiger partial charge in [-0.3, -0.25) is 14.5 Å². The zero-order valence-electron chi connectivity index (χ0n) is 18.3. The Balaban J connectivity index is 1.36. The van der Waals surface area contributed by atoms with Crippen LogP contribution in [0.5, 0.6) is 11.5 Å². The molecule has 8 heteroatoms. The van der Waals surface area contributed by atoms with Crippen LogP contribution in [0.1, 0.15) is 16.7 Å². The Labute approximate surface area is 209 Å². The van der Waals surface area contributed by atoms with E-state index < -0.39 is 0 Å². The molecular formula is C26H21BrFNO4S. The van der Waals surface area contributed by atoms with Crippen LogP contribution in [-0.4, -0.2) is 29.2 Å². The fourth-order valence-electron chi connectivity index (χ4n) is 3.25. The summed E-state index contributed by atoms with van der Waals surface area (Å²) in [5.74, 6) is 0.622. The lowest BCUT2D eigenvalue weighted by Gasteiger charge is -2.13. The van der Waals surface area contributed by atoms with Gasteiger partial charge in [-0.15, -0.1) is 0 Å². The van der Waals surface area contributed by atoms with E-state index in [2.05, 4.69) is 15.9 Å². The van der Waals surface area contributed by atoms with E-state index in [1.807, 2.05) is 31.2 Å². The molecule has 0 saturated carbocycles. The van der Waals surface area contributed by atoms with Crippen LogP contribution in [0.2, 0.25) is 0 Å². The molecule has 34 heavy (non-hydrogen) atoms. The molecule has 1 aliphatic rings. The van der Waals surface area contributed by atoms with E-state index in [-0.39, 0.29) is 36.7 Å². The number of ether oxygens (including phenoxy) is 2. The van der Waals surface area contributed by atoms with Gasteiger partial charge in [-0.05, 0) is 88.2 Å². The fraction of sp³-hybridized carbons (Fsp3) is 0.154. The summed E-state index contributed by atoms with van der Waals surface area (Å²) in [6, 6.07) is 19.2. The molecule has 174 valence electrons. The first-order valence-electron chi connectivity index (χ1n) is 10.5. The van der Waals surface area contributed by atoms with Crippen molar-refractivity contribution in [3.8, 4) is 11.5 Å². The monoisotopic (exact) mass is 541 g/mol.